The molecule has 0 heterocycles. The summed E-state index contributed by atoms with van der Waals surface area (Å²) in [6.45, 7) is 8.68. The number of nitrogens with one attached hydrogen (secondary N) is 2. The molecule has 0 aromatic heterocycles. The van der Waals surface area contributed by atoms with Crippen molar-refractivity contribution in [1.82, 2.24) is 10.6 Å². The molecule has 2 N–H and O–H groups in total. The number of fused-ring (bicyclic) bond motifs is 2. The molecule has 1 amide bonds. The molecule has 0 aromatic carbocycles. The fourth-order valence-electron chi connectivity index (χ4n) is 4.23. The van der Waals surface area contributed by atoms with Gasteiger partial charge < -0.3 is 15.4 Å². The summed E-state index contributed by atoms with van der Waals surface area (Å²) in [7, 11) is 0. The maximum Gasteiger partial charge on any atom is 0.407 e. The fraction of sp³-hybridized carbons (Fsp3) is 0.842. The SMILES string of the molecule is CC(NC(CNC(=O)OC(C)(C)C)C1CC1)C1CC2C=CC1C2. The van der Waals surface area contributed by atoms with Crippen molar-refractivity contribution in [2.45, 2.75) is 71.1 Å². The third-order valence-corrected chi connectivity index (χ3v) is 5.51. The number of ether oxygens (including phenoxy) is 1. The van der Waals surface area contributed by atoms with Crippen molar-refractivity contribution in [3.63, 3.8) is 0 Å². The van der Waals surface area contributed by atoms with E-state index in [1.54, 1.807) is 0 Å². The molecule has 0 aromatic rings. The standard InChI is InChI=1S/C19H32N2O2/c1-12(16-10-13-5-6-15(16)9-13)21-17(14-7-8-14)11-20-18(22)23-19(2,3)4/h5-6,12-17,21H,7-11H2,1-4H3,(H,20,22). The first-order valence-electron chi connectivity index (χ1n) is 9.23. The maximum atomic E-state index is 11.9. The molecular weight excluding hydrogens is 288 g/mol. The lowest BCUT2D eigenvalue weighted by atomic mass is 9.87. The van der Waals surface area contributed by atoms with Crippen molar-refractivity contribution in [3.05, 3.63) is 12.2 Å². The van der Waals surface area contributed by atoms with E-state index in [1.807, 2.05) is 20.8 Å². The summed E-state index contributed by atoms with van der Waals surface area (Å²) in [4.78, 5) is 11.9. The molecule has 23 heavy (non-hydrogen) atoms. The van der Waals surface area contributed by atoms with Crippen LogP contribution in [0.1, 0.15) is 53.4 Å². The van der Waals surface area contributed by atoms with Crippen LogP contribution in [0.2, 0.25) is 0 Å². The molecule has 2 saturated carbocycles. The molecule has 130 valence electrons. The van der Waals surface area contributed by atoms with Gasteiger partial charge in [-0.2, -0.15) is 0 Å². The van der Waals surface area contributed by atoms with Crippen LogP contribution in [0.25, 0.3) is 0 Å². The van der Waals surface area contributed by atoms with Crippen molar-refractivity contribution in [2.24, 2.45) is 23.7 Å². The van der Waals surface area contributed by atoms with E-state index in [9.17, 15) is 4.79 Å². The highest BCUT2D eigenvalue weighted by Gasteiger charge is 2.40. The monoisotopic (exact) mass is 320 g/mol. The van der Waals surface area contributed by atoms with E-state index in [0.29, 0.717) is 24.5 Å². The topological polar surface area (TPSA) is 50.4 Å². The average Bonchev–Trinajstić information content (AvgIpc) is 3.07. The van der Waals surface area contributed by atoms with Crippen molar-refractivity contribution in [1.29, 1.82) is 0 Å². The lowest BCUT2D eigenvalue weighted by Crippen LogP contribution is -2.49. The molecule has 3 aliphatic rings. The van der Waals surface area contributed by atoms with E-state index in [-0.39, 0.29) is 6.09 Å². The van der Waals surface area contributed by atoms with Crippen LogP contribution in [0.15, 0.2) is 12.2 Å². The van der Waals surface area contributed by atoms with Crippen molar-refractivity contribution in [2.75, 3.05) is 6.54 Å². The Labute approximate surface area is 140 Å². The van der Waals surface area contributed by atoms with Gasteiger partial charge in [-0.15, -0.1) is 0 Å². The first-order chi connectivity index (χ1) is 10.8. The molecular formula is C19H32N2O2. The zero-order valence-electron chi connectivity index (χ0n) is 15.0. The zero-order chi connectivity index (χ0) is 16.6. The van der Waals surface area contributed by atoms with Gasteiger partial charge in [-0.1, -0.05) is 12.2 Å². The molecule has 4 nitrogen and oxygen atoms in total. The molecule has 4 heteroatoms. The summed E-state index contributed by atoms with van der Waals surface area (Å²) < 4.78 is 5.35. The lowest BCUT2D eigenvalue weighted by Gasteiger charge is -2.31. The van der Waals surface area contributed by atoms with Crippen LogP contribution < -0.4 is 10.6 Å². The second-order valence-corrected chi connectivity index (χ2v) is 8.73. The fourth-order valence-corrected chi connectivity index (χ4v) is 4.23. The molecule has 0 saturated heterocycles. The number of alkyl carbamates (subject to hydrolysis) is 1. The van der Waals surface area contributed by atoms with Crippen LogP contribution in [0, 0.1) is 23.7 Å². The van der Waals surface area contributed by atoms with Crippen molar-refractivity contribution < 1.29 is 9.53 Å². The van der Waals surface area contributed by atoms with Gasteiger partial charge in [0, 0.05) is 18.6 Å². The predicted molar refractivity (Wildman–Crippen MR) is 92.2 cm³/mol. The smallest absolute Gasteiger partial charge is 0.407 e. The second kappa shape index (κ2) is 6.46. The summed E-state index contributed by atoms with van der Waals surface area (Å²) in [6, 6.07) is 0.890. The van der Waals surface area contributed by atoms with E-state index in [2.05, 4.69) is 29.7 Å². The Bertz CT molecular complexity index is 464. The lowest BCUT2D eigenvalue weighted by molar-refractivity contribution is 0.0519. The van der Waals surface area contributed by atoms with E-state index in [1.165, 1.54) is 25.7 Å². The highest BCUT2D eigenvalue weighted by Crippen LogP contribution is 2.45. The van der Waals surface area contributed by atoms with Crippen molar-refractivity contribution in [3.8, 4) is 0 Å². The first-order valence-corrected chi connectivity index (χ1v) is 9.23. The highest BCUT2D eigenvalue weighted by atomic mass is 16.6. The van der Waals surface area contributed by atoms with Crippen molar-refractivity contribution >= 4 is 6.09 Å². The predicted octanol–water partition coefficient (Wildman–Crippen LogP) is 3.48. The molecule has 0 spiro atoms. The van der Waals surface area contributed by atoms with E-state index < -0.39 is 5.60 Å². The van der Waals surface area contributed by atoms with Crippen LogP contribution in [-0.2, 0) is 4.74 Å². The van der Waals surface area contributed by atoms with E-state index in [4.69, 9.17) is 4.74 Å². The van der Waals surface area contributed by atoms with Gasteiger partial charge in [-0.25, -0.2) is 4.79 Å². The Kier molecular flexibility index (Phi) is 4.73. The van der Waals surface area contributed by atoms with E-state index >= 15 is 0 Å². The first kappa shape index (κ1) is 16.8. The maximum absolute atomic E-state index is 11.9. The largest absolute Gasteiger partial charge is 0.444 e. The molecule has 5 atom stereocenters. The number of hydrogen-bond donors (Lipinski definition) is 2. The third-order valence-electron chi connectivity index (χ3n) is 5.51. The zero-order valence-corrected chi connectivity index (χ0v) is 15.0. The van der Waals surface area contributed by atoms with Crippen LogP contribution in [-0.4, -0.2) is 30.3 Å². The number of carbonyl (C=O) groups excluding carboxylic acids is 1. The number of rotatable bonds is 6. The minimum Gasteiger partial charge on any atom is -0.444 e. The molecule has 2 bridgehead atoms. The quantitative estimate of drug-likeness (QED) is 0.737. The molecule has 3 rings (SSSR count). The minimum atomic E-state index is -0.435. The molecule has 3 aliphatic carbocycles. The minimum absolute atomic E-state index is 0.305. The normalized spacial score (nSPS) is 31.9. The van der Waals surface area contributed by atoms with Gasteiger partial charge in [0.05, 0.1) is 0 Å². The van der Waals surface area contributed by atoms with Crippen LogP contribution >= 0.6 is 0 Å². The average molecular weight is 320 g/mol. The second-order valence-electron chi connectivity index (χ2n) is 8.73. The Morgan fingerprint density at radius 3 is 2.52 bits per heavy atom. The summed E-state index contributed by atoms with van der Waals surface area (Å²) in [5.41, 5.74) is -0.435. The molecule has 5 unspecified atom stereocenters. The van der Waals surface area contributed by atoms with Gasteiger partial charge in [0.2, 0.25) is 0 Å². The van der Waals surface area contributed by atoms with Gasteiger partial charge in [-0.05, 0) is 77.0 Å². The third kappa shape index (κ3) is 4.50. The molecule has 0 aliphatic heterocycles. The Morgan fingerprint density at radius 1 is 1.26 bits per heavy atom. The Morgan fingerprint density at radius 2 is 2.00 bits per heavy atom. The summed E-state index contributed by atoms with van der Waals surface area (Å²) in [6.07, 6.45) is 9.74. The van der Waals surface area contributed by atoms with Gasteiger partial charge in [0.15, 0.2) is 0 Å². The molecule has 2 fully saturated rings. The Hall–Kier alpha value is -1.03. The summed E-state index contributed by atoms with van der Waals surface area (Å²) >= 11 is 0. The Balaban J connectivity index is 1.47. The van der Waals surface area contributed by atoms with Gasteiger partial charge in [-0.3, -0.25) is 0 Å². The number of hydrogen-bond acceptors (Lipinski definition) is 3. The number of allylic oxidation sites excluding steroid dienone is 2. The molecule has 0 radical (unpaired) electrons. The van der Waals surface area contributed by atoms with E-state index in [0.717, 1.165) is 17.8 Å². The van der Waals surface area contributed by atoms with Gasteiger partial charge in [0.25, 0.3) is 0 Å². The van der Waals surface area contributed by atoms with Crippen LogP contribution in [0.4, 0.5) is 4.79 Å². The van der Waals surface area contributed by atoms with Gasteiger partial charge >= 0.3 is 6.09 Å². The summed E-state index contributed by atoms with van der Waals surface area (Å²) in [5, 5.41) is 6.77. The number of amides is 1. The van der Waals surface area contributed by atoms with Crippen LogP contribution in [0.5, 0.6) is 0 Å². The van der Waals surface area contributed by atoms with Crippen LogP contribution in [0.3, 0.4) is 0 Å². The number of carbonyl (C=O) groups is 1. The summed E-state index contributed by atoms with van der Waals surface area (Å²) in [5.74, 6) is 3.05. The highest BCUT2D eigenvalue weighted by molar-refractivity contribution is 5.67. The van der Waals surface area contributed by atoms with Gasteiger partial charge in [0.1, 0.15) is 5.60 Å².